The molecule has 0 atom stereocenters. The van der Waals surface area contributed by atoms with E-state index in [-0.39, 0.29) is 17.1 Å². The van der Waals surface area contributed by atoms with Crippen molar-refractivity contribution in [2.24, 2.45) is 0 Å². The van der Waals surface area contributed by atoms with E-state index in [1.165, 1.54) is 19.2 Å². The highest BCUT2D eigenvalue weighted by atomic mass is 16.5. The highest BCUT2D eigenvalue weighted by Gasteiger charge is 2.19. The van der Waals surface area contributed by atoms with Crippen molar-refractivity contribution in [1.82, 2.24) is 0 Å². The molecule has 1 aliphatic carbocycles. The van der Waals surface area contributed by atoms with Crippen LogP contribution in [0.3, 0.4) is 0 Å². The fourth-order valence-corrected chi connectivity index (χ4v) is 3.82. The van der Waals surface area contributed by atoms with E-state index in [0.29, 0.717) is 30.8 Å². The average molecular weight is 432 g/mol. The van der Waals surface area contributed by atoms with Crippen molar-refractivity contribution in [3.05, 3.63) is 70.4 Å². The summed E-state index contributed by atoms with van der Waals surface area (Å²) in [6.45, 7) is 2.51. The zero-order valence-corrected chi connectivity index (χ0v) is 18.0. The number of carbonyl (C=O) groups excluding carboxylic acids is 1. The standard InChI is InChI=1S/C26H24O6/c1-16-13-19(31-12-4-3-5-25(29)30-2)8-11-20(16)26-21-9-6-17(27)14-23(21)32-24-15-18(28)7-10-22(24)26/h6-11,13-15,27H,3-5,12H2,1-2H3. The lowest BCUT2D eigenvalue weighted by atomic mass is 9.91. The van der Waals surface area contributed by atoms with E-state index in [2.05, 4.69) is 4.74 Å². The van der Waals surface area contributed by atoms with Crippen molar-refractivity contribution in [3.63, 3.8) is 0 Å². The average Bonchev–Trinajstić information content (AvgIpc) is 2.77. The molecule has 0 unspecified atom stereocenters. The normalized spacial score (nSPS) is 11.1. The van der Waals surface area contributed by atoms with E-state index < -0.39 is 0 Å². The SMILES string of the molecule is COC(=O)CCCCOc1ccc(-c2c3ccc(=O)cc-3oc3cc(O)ccc23)c(C)c1. The van der Waals surface area contributed by atoms with Gasteiger partial charge in [0.2, 0.25) is 0 Å². The number of esters is 1. The Balaban J connectivity index is 1.66. The third-order valence-electron chi connectivity index (χ3n) is 5.42. The Morgan fingerprint density at radius 2 is 1.81 bits per heavy atom. The predicted octanol–water partition coefficient (Wildman–Crippen LogP) is 5.30. The van der Waals surface area contributed by atoms with Crippen LogP contribution in [-0.4, -0.2) is 24.8 Å². The molecule has 0 spiro atoms. The molecule has 164 valence electrons. The second-order valence-electron chi connectivity index (χ2n) is 7.67. The molecule has 2 aromatic carbocycles. The maximum absolute atomic E-state index is 11.9. The molecule has 0 fully saturated rings. The number of aryl methyl sites for hydroxylation is 1. The van der Waals surface area contributed by atoms with Crippen molar-refractivity contribution >= 4 is 16.9 Å². The van der Waals surface area contributed by atoms with Crippen LogP contribution in [0.25, 0.3) is 33.4 Å². The number of unbranched alkanes of at least 4 members (excludes halogenated alkanes) is 1. The van der Waals surface area contributed by atoms with Crippen LogP contribution in [0.2, 0.25) is 0 Å². The Hall–Kier alpha value is -3.80. The molecule has 6 heteroatoms. The molecule has 2 aliphatic rings. The van der Waals surface area contributed by atoms with Crippen LogP contribution in [0.15, 0.2) is 63.8 Å². The summed E-state index contributed by atoms with van der Waals surface area (Å²) in [5.74, 6) is 1.10. The second kappa shape index (κ2) is 9.14. The van der Waals surface area contributed by atoms with Crippen molar-refractivity contribution in [2.75, 3.05) is 13.7 Å². The Morgan fingerprint density at radius 1 is 1.00 bits per heavy atom. The molecule has 6 nitrogen and oxygen atoms in total. The van der Waals surface area contributed by atoms with Gasteiger partial charge in [-0.15, -0.1) is 0 Å². The third-order valence-corrected chi connectivity index (χ3v) is 5.42. The molecule has 0 saturated carbocycles. The predicted molar refractivity (Wildman–Crippen MR) is 122 cm³/mol. The van der Waals surface area contributed by atoms with Crippen molar-refractivity contribution in [1.29, 1.82) is 0 Å². The number of ether oxygens (including phenoxy) is 2. The van der Waals surface area contributed by atoms with Crippen LogP contribution in [-0.2, 0) is 9.53 Å². The molecule has 0 saturated heterocycles. The summed E-state index contributed by atoms with van der Waals surface area (Å²) in [6.07, 6.45) is 1.85. The first-order valence-corrected chi connectivity index (χ1v) is 10.5. The summed E-state index contributed by atoms with van der Waals surface area (Å²) in [5, 5.41) is 10.8. The summed E-state index contributed by atoms with van der Waals surface area (Å²) in [4.78, 5) is 23.1. The molecule has 1 N–H and O–H groups in total. The van der Waals surface area contributed by atoms with Gasteiger partial charge in [-0.05, 0) is 67.3 Å². The van der Waals surface area contributed by atoms with E-state index in [1.54, 1.807) is 18.2 Å². The van der Waals surface area contributed by atoms with Gasteiger partial charge in [-0.1, -0.05) is 6.07 Å². The lowest BCUT2D eigenvalue weighted by Gasteiger charge is -2.17. The first-order valence-electron chi connectivity index (χ1n) is 10.5. The van der Waals surface area contributed by atoms with Crippen molar-refractivity contribution < 1.29 is 23.8 Å². The zero-order chi connectivity index (χ0) is 22.7. The van der Waals surface area contributed by atoms with Crippen molar-refractivity contribution in [2.45, 2.75) is 26.2 Å². The van der Waals surface area contributed by atoms with Gasteiger partial charge in [-0.25, -0.2) is 0 Å². The number of rotatable bonds is 7. The lowest BCUT2D eigenvalue weighted by molar-refractivity contribution is -0.140. The summed E-state index contributed by atoms with van der Waals surface area (Å²) in [7, 11) is 1.39. The zero-order valence-electron chi connectivity index (χ0n) is 18.0. The number of methoxy groups -OCH3 is 1. The van der Waals surface area contributed by atoms with Gasteiger partial charge in [0, 0.05) is 35.1 Å². The number of benzene rings is 3. The number of aromatic hydroxyl groups is 1. The van der Waals surface area contributed by atoms with Crippen molar-refractivity contribution in [3.8, 4) is 33.9 Å². The minimum Gasteiger partial charge on any atom is -0.508 e. The van der Waals surface area contributed by atoms with Gasteiger partial charge in [-0.3, -0.25) is 9.59 Å². The Morgan fingerprint density at radius 3 is 2.59 bits per heavy atom. The molecular weight excluding hydrogens is 408 g/mol. The van der Waals surface area contributed by atoms with Gasteiger partial charge in [0.25, 0.3) is 0 Å². The lowest BCUT2D eigenvalue weighted by Crippen LogP contribution is -2.03. The highest BCUT2D eigenvalue weighted by molar-refractivity contribution is 6.02. The minimum absolute atomic E-state index is 0.0949. The van der Waals surface area contributed by atoms with Gasteiger partial charge in [0.05, 0.1) is 13.7 Å². The smallest absolute Gasteiger partial charge is 0.305 e. The molecule has 2 aromatic rings. The number of hydrogen-bond acceptors (Lipinski definition) is 6. The number of phenolic OH excluding ortho intramolecular Hbond substituents is 1. The molecule has 0 radical (unpaired) electrons. The second-order valence-corrected chi connectivity index (χ2v) is 7.67. The summed E-state index contributed by atoms with van der Waals surface area (Å²) < 4.78 is 16.4. The summed E-state index contributed by atoms with van der Waals surface area (Å²) >= 11 is 0. The van der Waals surface area contributed by atoms with Crippen LogP contribution in [0.1, 0.15) is 24.8 Å². The van der Waals surface area contributed by atoms with E-state index in [1.807, 2.05) is 31.2 Å². The number of hydrogen-bond donors (Lipinski definition) is 1. The van der Waals surface area contributed by atoms with Crippen LogP contribution in [0, 0.1) is 6.92 Å². The maximum Gasteiger partial charge on any atom is 0.305 e. The number of phenols is 1. The fraction of sp³-hybridized carbons (Fsp3) is 0.231. The van der Waals surface area contributed by atoms with Gasteiger partial charge < -0.3 is 19.0 Å². The van der Waals surface area contributed by atoms with Crippen LogP contribution in [0.5, 0.6) is 11.5 Å². The molecule has 0 bridgehead atoms. The van der Waals surface area contributed by atoms with Crippen LogP contribution >= 0.6 is 0 Å². The van der Waals surface area contributed by atoms with E-state index >= 15 is 0 Å². The van der Waals surface area contributed by atoms with Gasteiger partial charge in [0.1, 0.15) is 22.8 Å². The van der Waals surface area contributed by atoms with Crippen LogP contribution < -0.4 is 10.2 Å². The first kappa shape index (κ1) is 21.4. The molecule has 1 aliphatic heterocycles. The van der Waals surface area contributed by atoms with E-state index in [0.717, 1.165) is 39.8 Å². The molecule has 0 amide bonds. The van der Waals surface area contributed by atoms with E-state index in [9.17, 15) is 14.7 Å². The topological polar surface area (TPSA) is 86.0 Å². The van der Waals surface area contributed by atoms with E-state index in [4.69, 9.17) is 9.15 Å². The first-order chi connectivity index (χ1) is 15.5. The van der Waals surface area contributed by atoms with Crippen LogP contribution in [0.4, 0.5) is 0 Å². The maximum atomic E-state index is 11.9. The Labute approximate surface area is 185 Å². The number of fused-ring (bicyclic) bond motifs is 2. The monoisotopic (exact) mass is 432 g/mol. The molecule has 1 heterocycles. The molecule has 4 rings (SSSR count). The molecule has 0 aromatic heterocycles. The Kier molecular flexibility index (Phi) is 6.12. The Bertz CT molecular complexity index is 1300. The van der Waals surface area contributed by atoms with Gasteiger partial charge >= 0.3 is 5.97 Å². The quantitative estimate of drug-likeness (QED) is 0.242. The number of carbonyl (C=O) groups is 1. The molecular formula is C26H24O6. The van der Waals surface area contributed by atoms with Gasteiger partial charge in [-0.2, -0.15) is 0 Å². The largest absolute Gasteiger partial charge is 0.508 e. The highest BCUT2D eigenvalue weighted by Crippen LogP contribution is 2.42. The fourth-order valence-electron chi connectivity index (χ4n) is 3.82. The summed E-state index contributed by atoms with van der Waals surface area (Å²) in [5.41, 5.74) is 4.11. The third kappa shape index (κ3) is 4.44. The summed E-state index contributed by atoms with van der Waals surface area (Å²) in [6, 6.07) is 15.6. The minimum atomic E-state index is -0.211. The molecule has 32 heavy (non-hydrogen) atoms. The van der Waals surface area contributed by atoms with Gasteiger partial charge in [0.15, 0.2) is 5.43 Å².